The molecule has 0 aliphatic carbocycles. The van der Waals surface area contributed by atoms with Crippen LogP contribution >= 0.6 is 12.4 Å². The van der Waals surface area contributed by atoms with Crippen LogP contribution in [-0.4, -0.2) is 6.61 Å². The molecule has 0 unspecified atom stereocenters. The highest BCUT2D eigenvalue weighted by atomic mass is 35.5. The molecule has 0 radical (unpaired) electrons. The van der Waals surface area contributed by atoms with Crippen molar-refractivity contribution in [2.45, 2.75) is 38.8 Å². The Morgan fingerprint density at radius 3 is 2.53 bits per heavy atom. The van der Waals surface area contributed by atoms with Gasteiger partial charge in [-0.15, -0.1) is 12.4 Å². The molecule has 1 atom stereocenters. The summed E-state index contributed by atoms with van der Waals surface area (Å²) in [5, 5.41) is 0. The number of benzene rings is 1. The van der Waals surface area contributed by atoms with Gasteiger partial charge in [-0.25, -0.2) is 0 Å². The summed E-state index contributed by atoms with van der Waals surface area (Å²) in [5.74, 6) is 0.182. The molecule has 1 aromatic carbocycles. The molecule has 98 valence electrons. The zero-order valence-electron chi connectivity index (χ0n) is 9.74. The van der Waals surface area contributed by atoms with E-state index in [0.29, 0.717) is 5.56 Å². The fourth-order valence-electron chi connectivity index (χ4n) is 1.57. The minimum Gasteiger partial charge on any atom is -0.434 e. The average molecular weight is 266 g/mol. The van der Waals surface area contributed by atoms with Crippen LogP contribution in [0.4, 0.5) is 8.78 Å². The smallest absolute Gasteiger partial charge is 0.387 e. The maximum absolute atomic E-state index is 12.2. The minimum atomic E-state index is -2.81. The van der Waals surface area contributed by atoms with Gasteiger partial charge >= 0.3 is 6.61 Å². The summed E-state index contributed by atoms with van der Waals surface area (Å²) in [6.45, 7) is -0.742. The average Bonchev–Trinajstić information content (AvgIpc) is 2.26. The van der Waals surface area contributed by atoms with E-state index >= 15 is 0 Å². The summed E-state index contributed by atoms with van der Waals surface area (Å²) in [6, 6.07) is 6.45. The number of rotatable bonds is 6. The van der Waals surface area contributed by atoms with Gasteiger partial charge in [0, 0.05) is 11.6 Å². The molecule has 0 heterocycles. The molecule has 2 nitrogen and oxygen atoms in total. The SMILES string of the molecule is CCCC[C@@H](N)c1ccccc1OC(F)F.Cl. The Bertz CT molecular complexity index is 323. The molecule has 17 heavy (non-hydrogen) atoms. The van der Waals surface area contributed by atoms with Crippen LogP contribution in [0.3, 0.4) is 0 Å². The Morgan fingerprint density at radius 1 is 1.29 bits per heavy atom. The number of ether oxygens (including phenoxy) is 1. The van der Waals surface area contributed by atoms with E-state index in [2.05, 4.69) is 11.7 Å². The lowest BCUT2D eigenvalue weighted by Crippen LogP contribution is -2.13. The fraction of sp³-hybridized carbons (Fsp3) is 0.500. The van der Waals surface area contributed by atoms with Crippen LogP contribution in [0.25, 0.3) is 0 Å². The van der Waals surface area contributed by atoms with Crippen molar-refractivity contribution in [1.29, 1.82) is 0 Å². The van der Waals surface area contributed by atoms with Gasteiger partial charge in [-0.3, -0.25) is 0 Å². The van der Waals surface area contributed by atoms with Crippen LogP contribution in [0, 0.1) is 0 Å². The molecule has 0 aromatic heterocycles. The normalized spacial score (nSPS) is 12.1. The van der Waals surface area contributed by atoms with Gasteiger partial charge in [-0.1, -0.05) is 38.0 Å². The maximum Gasteiger partial charge on any atom is 0.387 e. The van der Waals surface area contributed by atoms with Gasteiger partial charge in [0.2, 0.25) is 0 Å². The Morgan fingerprint density at radius 2 is 1.94 bits per heavy atom. The number of alkyl halides is 2. The topological polar surface area (TPSA) is 35.2 Å². The number of nitrogens with two attached hydrogens (primary N) is 1. The van der Waals surface area contributed by atoms with Crippen molar-refractivity contribution in [2.75, 3.05) is 0 Å². The molecule has 0 spiro atoms. The second-order valence-corrected chi connectivity index (χ2v) is 3.67. The molecule has 0 saturated heterocycles. The van der Waals surface area contributed by atoms with E-state index in [1.54, 1.807) is 18.2 Å². The Balaban J connectivity index is 0.00000256. The Kier molecular flexibility index (Phi) is 7.83. The van der Waals surface area contributed by atoms with E-state index in [4.69, 9.17) is 5.73 Å². The van der Waals surface area contributed by atoms with Crippen molar-refractivity contribution < 1.29 is 13.5 Å². The molecule has 0 bridgehead atoms. The lowest BCUT2D eigenvalue weighted by Gasteiger charge is -2.16. The van der Waals surface area contributed by atoms with Gasteiger partial charge in [-0.2, -0.15) is 8.78 Å². The maximum atomic E-state index is 12.2. The van der Waals surface area contributed by atoms with Gasteiger partial charge in [0.15, 0.2) is 0 Å². The van der Waals surface area contributed by atoms with Gasteiger partial charge in [0.1, 0.15) is 5.75 Å². The number of para-hydroxylation sites is 1. The third kappa shape index (κ3) is 5.33. The molecule has 1 rings (SSSR count). The van der Waals surface area contributed by atoms with E-state index in [1.807, 2.05) is 0 Å². The minimum absolute atomic E-state index is 0. The monoisotopic (exact) mass is 265 g/mol. The predicted molar refractivity (Wildman–Crippen MR) is 66.8 cm³/mol. The number of unbranched alkanes of at least 4 members (excludes halogenated alkanes) is 1. The van der Waals surface area contributed by atoms with Crippen molar-refractivity contribution in [3.63, 3.8) is 0 Å². The Labute approximate surface area is 107 Å². The molecule has 0 saturated carbocycles. The second-order valence-electron chi connectivity index (χ2n) is 3.67. The summed E-state index contributed by atoms with van der Waals surface area (Å²) in [7, 11) is 0. The number of halogens is 3. The third-order valence-electron chi connectivity index (χ3n) is 2.40. The summed E-state index contributed by atoms with van der Waals surface area (Å²) in [6.07, 6.45) is 2.79. The largest absolute Gasteiger partial charge is 0.434 e. The molecule has 0 aliphatic rings. The van der Waals surface area contributed by atoms with Crippen molar-refractivity contribution in [3.8, 4) is 5.75 Å². The highest BCUT2D eigenvalue weighted by Gasteiger charge is 2.14. The first-order chi connectivity index (χ1) is 7.65. The Hall–Kier alpha value is -0.870. The van der Waals surface area contributed by atoms with E-state index in [-0.39, 0.29) is 24.2 Å². The van der Waals surface area contributed by atoms with Crippen LogP contribution in [0.2, 0.25) is 0 Å². The van der Waals surface area contributed by atoms with Gasteiger partial charge < -0.3 is 10.5 Å². The predicted octanol–water partition coefficient (Wildman–Crippen LogP) is 3.90. The summed E-state index contributed by atoms with van der Waals surface area (Å²) in [4.78, 5) is 0. The van der Waals surface area contributed by atoms with E-state index in [1.165, 1.54) is 6.07 Å². The summed E-state index contributed by atoms with van der Waals surface area (Å²) < 4.78 is 28.7. The quantitative estimate of drug-likeness (QED) is 0.847. The molecule has 1 aromatic rings. The molecule has 0 aliphatic heterocycles. The van der Waals surface area contributed by atoms with Gasteiger partial charge in [-0.05, 0) is 12.5 Å². The first-order valence-electron chi connectivity index (χ1n) is 5.44. The van der Waals surface area contributed by atoms with Crippen LogP contribution in [0.5, 0.6) is 5.75 Å². The molecular formula is C12H18ClF2NO. The van der Waals surface area contributed by atoms with E-state index < -0.39 is 6.61 Å². The highest BCUT2D eigenvalue weighted by molar-refractivity contribution is 5.85. The zero-order chi connectivity index (χ0) is 12.0. The molecule has 0 fully saturated rings. The van der Waals surface area contributed by atoms with E-state index in [9.17, 15) is 8.78 Å². The second kappa shape index (κ2) is 8.25. The first kappa shape index (κ1) is 16.1. The lowest BCUT2D eigenvalue weighted by molar-refractivity contribution is -0.0506. The van der Waals surface area contributed by atoms with Crippen LogP contribution < -0.4 is 10.5 Å². The van der Waals surface area contributed by atoms with Crippen molar-refractivity contribution >= 4 is 12.4 Å². The molecule has 2 N–H and O–H groups in total. The van der Waals surface area contributed by atoms with E-state index in [0.717, 1.165) is 19.3 Å². The highest BCUT2D eigenvalue weighted by Crippen LogP contribution is 2.27. The first-order valence-corrected chi connectivity index (χ1v) is 5.44. The zero-order valence-corrected chi connectivity index (χ0v) is 10.6. The van der Waals surface area contributed by atoms with Gasteiger partial charge in [0.05, 0.1) is 0 Å². The fourth-order valence-corrected chi connectivity index (χ4v) is 1.57. The lowest BCUT2D eigenvalue weighted by atomic mass is 10.0. The molecule has 5 heteroatoms. The van der Waals surface area contributed by atoms with Crippen LogP contribution in [0.1, 0.15) is 37.8 Å². The van der Waals surface area contributed by atoms with Crippen molar-refractivity contribution in [1.82, 2.24) is 0 Å². The van der Waals surface area contributed by atoms with Crippen LogP contribution in [-0.2, 0) is 0 Å². The summed E-state index contributed by atoms with van der Waals surface area (Å²) >= 11 is 0. The van der Waals surface area contributed by atoms with Crippen molar-refractivity contribution in [3.05, 3.63) is 29.8 Å². The van der Waals surface area contributed by atoms with Crippen molar-refractivity contribution in [2.24, 2.45) is 5.73 Å². The molecular weight excluding hydrogens is 248 g/mol. The number of hydrogen-bond acceptors (Lipinski definition) is 2. The standard InChI is InChI=1S/C12H17F2NO.ClH/c1-2-3-7-10(15)9-6-4-5-8-11(9)16-12(13)14;/h4-6,8,10,12H,2-3,7,15H2,1H3;1H/t10-;/m1./s1. The van der Waals surface area contributed by atoms with Crippen LogP contribution in [0.15, 0.2) is 24.3 Å². The van der Waals surface area contributed by atoms with Gasteiger partial charge in [0.25, 0.3) is 0 Å². The third-order valence-corrected chi connectivity index (χ3v) is 2.40. The molecule has 0 amide bonds. The summed E-state index contributed by atoms with van der Waals surface area (Å²) in [5.41, 5.74) is 6.58. The number of hydrogen-bond donors (Lipinski definition) is 1.